The van der Waals surface area contributed by atoms with Crippen molar-refractivity contribution in [1.82, 2.24) is 10.6 Å². The molecule has 0 aliphatic carbocycles. The number of β-amino-alcohol motifs (C(OH)–C–C–N with tert-alkyl or cyclic N) is 1. The summed E-state index contributed by atoms with van der Waals surface area (Å²) in [5.41, 5.74) is -0.443. The van der Waals surface area contributed by atoms with Crippen molar-refractivity contribution in [3.8, 4) is 0 Å². The molecule has 0 aromatic rings. The summed E-state index contributed by atoms with van der Waals surface area (Å²) in [5.74, 6) is 0. The van der Waals surface area contributed by atoms with Gasteiger partial charge in [0, 0.05) is 6.54 Å². The third kappa shape index (κ3) is 2.77. The molecule has 1 saturated heterocycles. The minimum absolute atomic E-state index is 0.443. The second-order valence-electron chi connectivity index (χ2n) is 3.36. The molecule has 0 aromatic heterocycles. The van der Waals surface area contributed by atoms with Crippen molar-refractivity contribution in [2.24, 2.45) is 0 Å². The molecule has 0 saturated carbocycles. The van der Waals surface area contributed by atoms with Crippen molar-refractivity contribution in [2.75, 3.05) is 26.7 Å². The van der Waals surface area contributed by atoms with Gasteiger partial charge in [0.2, 0.25) is 0 Å². The monoisotopic (exact) mass is 158 g/mol. The van der Waals surface area contributed by atoms with Crippen molar-refractivity contribution in [2.45, 2.75) is 24.9 Å². The van der Waals surface area contributed by atoms with Gasteiger partial charge in [0.15, 0.2) is 0 Å². The second-order valence-corrected chi connectivity index (χ2v) is 3.36. The first-order chi connectivity index (χ1) is 5.27. The lowest BCUT2D eigenvalue weighted by Crippen LogP contribution is -2.46. The summed E-state index contributed by atoms with van der Waals surface area (Å²) in [6.45, 7) is 2.72. The van der Waals surface area contributed by atoms with Crippen LogP contribution in [-0.4, -0.2) is 37.4 Å². The lowest BCUT2D eigenvalue weighted by Gasteiger charge is -2.32. The fraction of sp³-hybridized carbons (Fsp3) is 1.00. The van der Waals surface area contributed by atoms with Crippen molar-refractivity contribution < 1.29 is 5.11 Å². The van der Waals surface area contributed by atoms with Gasteiger partial charge in [-0.25, -0.2) is 0 Å². The third-order valence-corrected chi connectivity index (χ3v) is 2.29. The highest BCUT2D eigenvalue weighted by molar-refractivity contribution is 4.85. The maximum absolute atomic E-state index is 9.90. The molecule has 0 bridgehead atoms. The predicted octanol–water partition coefficient (Wildman–Crippen LogP) is -0.290. The normalized spacial score (nSPS) is 32.2. The number of rotatable bonds is 3. The Morgan fingerprint density at radius 1 is 1.64 bits per heavy atom. The molecule has 0 aromatic carbocycles. The van der Waals surface area contributed by atoms with Crippen molar-refractivity contribution in [3.63, 3.8) is 0 Å². The van der Waals surface area contributed by atoms with Crippen LogP contribution in [0.3, 0.4) is 0 Å². The highest BCUT2D eigenvalue weighted by Crippen LogP contribution is 2.18. The zero-order valence-corrected chi connectivity index (χ0v) is 7.19. The lowest BCUT2D eigenvalue weighted by molar-refractivity contribution is 0.00941. The van der Waals surface area contributed by atoms with Gasteiger partial charge in [0.05, 0.1) is 5.60 Å². The number of nitrogens with one attached hydrogen (secondary N) is 2. The van der Waals surface area contributed by atoms with Crippen LogP contribution >= 0.6 is 0 Å². The summed E-state index contributed by atoms with van der Waals surface area (Å²) < 4.78 is 0. The topological polar surface area (TPSA) is 44.3 Å². The smallest absolute Gasteiger partial charge is 0.0784 e. The zero-order chi connectivity index (χ0) is 8.16. The molecule has 1 unspecified atom stereocenters. The highest BCUT2D eigenvalue weighted by Gasteiger charge is 2.27. The molecule has 1 atom stereocenters. The van der Waals surface area contributed by atoms with Crippen molar-refractivity contribution in [1.29, 1.82) is 0 Å². The van der Waals surface area contributed by atoms with E-state index in [2.05, 4.69) is 10.6 Å². The average molecular weight is 158 g/mol. The quantitative estimate of drug-likeness (QED) is 0.529. The fourth-order valence-electron chi connectivity index (χ4n) is 1.52. The van der Waals surface area contributed by atoms with Crippen LogP contribution in [0.1, 0.15) is 19.3 Å². The molecular formula is C8H18N2O. The van der Waals surface area contributed by atoms with E-state index in [0.717, 1.165) is 38.9 Å². The Labute approximate surface area is 68.2 Å². The van der Waals surface area contributed by atoms with E-state index in [4.69, 9.17) is 0 Å². The summed E-state index contributed by atoms with van der Waals surface area (Å²) in [5, 5.41) is 16.2. The minimum Gasteiger partial charge on any atom is -0.389 e. The zero-order valence-electron chi connectivity index (χ0n) is 7.19. The van der Waals surface area contributed by atoms with Gasteiger partial charge in [-0.2, -0.15) is 0 Å². The van der Waals surface area contributed by atoms with Crippen LogP contribution in [0.5, 0.6) is 0 Å². The van der Waals surface area contributed by atoms with Gasteiger partial charge in [-0.3, -0.25) is 0 Å². The Hall–Kier alpha value is -0.120. The molecule has 1 heterocycles. The molecule has 3 heteroatoms. The van der Waals surface area contributed by atoms with E-state index in [-0.39, 0.29) is 0 Å². The van der Waals surface area contributed by atoms with Crippen molar-refractivity contribution in [3.05, 3.63) is 0 Å². The van der Waals surface area contributed by atoms with E-state index < -0.39 is 5.60 Å². The number of aliphatic hydroxyl groups is 1. The van der Waals surface area contributed by atoms with Crippen LogP contribution in [0.15, 0.2) is 0 Å². The van der Waals surface area contributed by atoms with Crippen LogP contribution in [0.2, 0.25) is 0 Å². The van der Waals surface area contributed by atoms with E-state index in [0.29, 0.717) is 0 Å². The minimum atomic E-state index is -0.443. The van der Waals surface area contributed by atoms with Gasteiger partial charge in [-0.15, -0.1) is 0 Å². The molecule has 1 rings (SSSR count). The highest BCUT2D eigenvalue weighted by atomic mass is 16.3. The summed E-state index contributed by atoms with van der Waals surface area (Å²) >= 11 is 0. The molecule has 1 aliphatic heterocycles. The summed E-state index contributed by atoms with van der Waals surface area (Å²) in [6.07, 6.45) is 2.90. The van der Waals surface area contributed by atoms with Gasteiger partial charge in [-0.1, -0.05) is 0 Å². The summed E-state index contributed by atoms with van der Waals surface area (Å²) in [7, 11) is 1.92. The van der Waals surface area contributed by atoms with E-state index in [1.807, 2.05) is 7.05 Å². The van der Waals surface area contributed by atoms with Gasteiger partial charge >= 0.3 is 0 Å². The second kappa shape index (κ2) is 4.04. The number of piperidine rings is 1. The maximum atomic E-state index is 9.90. The maximum Gasteiger partial charge on any atom is 0.0784 e. The standard InChI is InChI=1S/C8H18N2O/c1-9-6-4-8(11)3-2-5-10-7-8/h9-11H,2-7H2,1H3. The first-order valence-electron chi connectivity index (χ1n) is 4.34. The average Bonchev–Trinajstić information content (AvgIpc) is 2.03. The predicted molar refractivity (Wildman–Crippen MR) is 45.6 cm³/mol. The molecule has 0 radical (unpaired) electrons. The van der Waals surface area contributed by atoms with E-state index in [1.165, 1.54) is 0 Å². The van der Waals surface area contributed by atoms with E-state index in [1.54, 1.807) is 0 Å². The van der Waals surface area contributed by atoms with E-state index in [9.17, 15) is 5.11 Å². The van der Waals surface area contributed by atoms with Crippen LogP contribution in [0, 0.1) is 0 Å². The Morgan fingerprint density at radius 3 is 3.00 bits per heavy atom. The Bertz CT molecular complexity index is 111. The Morgan fingerprint density at radius 2 is 2.45 bits per heavy atom. The first kappa shape index (κ1) is 8.97. The molecule has 11 heavy (non-hydrogen) atoms. The molecule has 0 amide bonds. The van der Waals surface area contributed by atoms with Gasteiger partial charge in [-0.05, 0) is 39.4 Å². The number of hydrogen-bond acceptors (Lipinski definition) is 3. The molecular weight excluding hydrogens is 140 g/mol. The molecule has 0 spiro atoms. The molecule has 3 N–H and O–H groups in total. The summed E-state index contributed by atoms with van der Waals surface area (Å²) in [6, 6.07) is 0. The van der Waals surface area contributed by atoms with Crippen LogP contribution in [0.4, 0.5) is 0 Å². The lowest BCUT2D eigenvalue weighted by atomic mass is 9.91. The largest absolute Gasteiger partial charge is 0.389 e. The molecule has 1 fully saturated rings. The number of hydrogen-bond donors (Lipinski definition) is 3. The Kier molecular flexibility index (Phi) is 3.30. The van der Waals surface area contributed by atoms with E-state index >= 15 is 0 Å². The van der Waals surface area contributed by atoms with Gasteiger partial charge in [0.25, 0.3) is 0 Å². The van der Waals surface area contributed by atoms with Gasteiger partial charge in [0.1, 0.15) is 0 Å². The van der Waals surface area contributed by atoms with Gasteiger partial charge < -0.3 is 15.7 Å². The van der Waals surface area contributed by atoms with Crippen LogP contribution in [-0.2, 0) is 0 Å². The first-order valence-corrected chi connectivity index (χ1v) is 4.34. The third-order valence-electron chi connectivity index (χ3n) is 2.29. The summed E-state index contributed by atoms with van der Waals surface area (Å²) in [4.78, 5) is 0. The van der Waals surface area contributed by atoms with Crippen LogP contribution < -0.4 is 10.6 Å². The molecule has 66 valence electrons. The molecule has 1 aliphatic rings. The fourth-order valence-corrected chi connectivity index (χ4v) is 1.52. The SMILES string of the molecule is CNCCC1(O)CCCNC1. The van der Waals surface area contributed by atoms with Crippen molar-refractivity contribution >= 4 is 0 Å². The Balaban J connectivity index is 2.25. The van der Waals surface area contributed by atoms with Crippen LogP contribution in [0.25, 0.3) is 0 Å². The molecule has 3 nitrogen and oxygen atoms in total.